The molecule has 17 heavy (non-hydrogen) atoms. The second-order valence-corrected chi connectivity index (χ2v) is 4.88. The Morgan fingerprint density at radius 1 is 1.18 bits per heavy atom. The molecule has 3 nitrogen and oxygen atoms in total. The number of nitrogens with one attached hydrogen (secondary N) is 1. The molecule has 3 heteroatoms. The molecular formula is C14H21NO2. The molecule has 2 rings (SSSR count). The first-order chi connectivity index (χ1) is 8.25. The highest BCUT2D eigenvalue weighted by Gasteiger charge is 2.20. The summed E-state index contributed by atoms with van der Waals surface area (Å²) in [6.45, 7) is 2.08. The van der Waals surface area contributed by atoms with Crippen molar-refractivity contribution in [1.82, 2.24) is 5.32 Å². The summed E-state index contributed by atoms with van der Waals surface area (Å²) >= 11 is 0. The summed E-state index contributed by atoms with van der Waals surface area (Å²) in [5.74, 6) is 0.681. The minimum atomic E-state index is -0.264. The van der Waals surface area contributed by atoms with E-state index < -0.39 is 0 Å². The predicted molar refractivity (Wildman–Crippen MR) is 68.0 cm³/mol. The number of phenols is 1. The average molecular weight is 235 g/mol. The Hall–Kier alpha value is -1.06. The highest BCUT2D eigenvalue weighted by Crippen LogP contribution is 2.21. The van der Waals surface area contributed by atoms with Crippen LogP contribution in [-0.2, 0) is 6.42 Å². The average Bonchev–Trinajstić information content (AvgIpc) is 2.61. The van der Waals surface area contributed by atoms with Crippen molar-refractivity contribution in [3.63, 3.8) is 0 Å². The molecule has 1 aliphatic rings. The molecule has 1 saturated heterocycles. The van der Waals surface area contributed by atoms with Crippen LogP contribution >= 0.6 is 0 Å². The molecule has 2 unspecified atom stereocenters. The Morgan fingerprint density at radius 2 is 1.94 bits per heavy atom. The topological polar surface area (TPSA) is 52.5 Å². The number of benzene rings is 1. The summed E-state index contributed by atoms with van der Waals surface area (Å²) in [6, 6.07) is 7.12. The summed E-state index contributed by atoms with van der Waals surface area (Å²) < 4.78 is 0. The van der Waals surface area contributed by atoms with Crippen LogP contribution in [0, 0.1) is 5.92 Å². The molecule has 2 atom stereocenters. The molecular weight excluding hydrogens is 214 g/mol. The van der Waals surface area contributed by atoms with Crippen LogP contribution in [0.5, 0.6) is 5.75 Å². The highest BCUT2D eigenvalue weighted by atomic mass is 16.3. The van der Waals surface area contributed by atoms with Gasteiger partial charge in [0.2, 0.25) is 0 Å². The largest absolute Gasteiger partial charge is 0.508 e. The van der Waals surface area contributed by atoms with Crippen molar-refractivity contribution in [2.75, 3.05) is 13.1 Å². The molecule has 1 aromatic rings. The standard InChI is InChI=1S/C14H21NO2/c16-13-5-3-11(4-6-13)10-14(17)12-2-1-8-15-9-7-12/h3-6,12,14-17H,1-2,7-10H2. The first-order valence-electron chi connectivity index (χ1n) is 6.42. The number of phenolic OH excluding ortho intramolecular Hbond substituents is 1. The first kappa shape index (κ1) is 12.4. The fourth-order valence-corrected chi connectivity index (χ4v) is 2.47. The van der Waals surface area contributed by atoms with Crippen molar-refractivity contribution in [1.29, 1.82) is 0 Å². The Morgan fingerprint density at radius 3 is 2.71 bits per heavy atom. The zero-order valence-corrected chi connectivity index (χ0v) is 10.1. The summed E-state index contributed by atoms with van der Waals surface area (Å²) in [6.07, 6.45) is 3.73. The molecule has 0 aliphatic carbocycles. The maximum absolute atomic E-state index is 10.2. The Labute approximate surface area is 102 Å². The van der Waals surface area contributed by atoms with Crippen LogP contribution < -0.4 is 5.32 Å². The Kier molecular flexibility index (Phi) is 4.40. The maximum Gasteiger partial charge on any atom is 0.115 e. The van der Waals surface area contributed by atoms with Gasteiger partial charge in [0.05, 0.1) is 6.10 Å². The second-order valence-electron chi connectivity index (χ2n) is 4.88. The molecule has 0 spiro atoms. The number of rotatable bonds is 3. The van der Waals surface area contributed by atoms with Gasteiger partial charge in [0.1, 0.15) is 5.75 Å². The highest BCUT2D eigenvalue weighted by molar-refractivity contribution is 5.26. The lowest BCUT2D eigenvalue weighted by molar-refractivity contribution is 0.100. The van der Waals surface area contributed by atoms with Gasteiger partial charge < -0.3 is 15.5 Å². The molecule has 3 N–H and O–H groups in total. The van der Waals surface area contributed by atoms with Gasteiger partial charge in [-0.3, -0.25) is 0 Å². The van der Waals surface area contributed by atoms with Gasteiger partial charge in [0.15, 0.2) is 0 Å². The monoisotopic (exact) mass is 235 g/mol. The fourth-order valence-electron chi connectivity index (χ4n) is 2.47. The fraction of sp³-hybridized carbons (Fsp3) is 0.571. The smallest absolute Gasteiger partial charge is 0.115 e. The molecule has 0 radical (unpaired) electrons. The van der Waals surface area contributed by atoms with E-state index in [1.54, 1.807) is 12.1 Å². The third-order valence-corrected chi connectivity index (χ3v) is 3.55. The number of hydrogen-bond donors (Lipinski definition) is 3. The zero-order chi connectivity index (χ0) is 12.1. The van der Waals surface area contributed by atoms with Crippen LogP contribution in [-0.4, -0.2) is 29.4 Å². The van der Waals surface area contributed by atoms with Crippen molar-refractivity contribution in [3.8, 4) is 5.75 Å². The summed E-state index contributed by atoms with van der Waals surface area (Å²) in [5, 5.41) is 22.8. The molecule has 1 aliphatic heterocycles. The molecule has 0 amide bonds. The quantitative estimate of drug-likeness (QED) is 0.747. The van der Waals surface area contributed by atoms with Gasteiger partial charge in [-0.15, -0.1) is 0 Å². The minimum Gasteiger partial charge on any atom is -0.508 e. The summed E-state index contributed by atoms with van der Waals surface area (Å²) in [7, 11) is 0. The first-order valence-corrected chi connectivity index (χ1v) is 6.42. The number of aliphatic hydroxyl groups excluding tert-OH is 1. The van der Waals surface area contributed by atoms with E-state index in [9.17, 15) is 10.2 Å². The van der Waals surface area contributed by atoms with E-state index in [0.717, 1.165) is 37.9 Å². The van der Waals surface area contributed by atoms with Crippen LogP contribution in [0.4, 0.5) is 0 Å². The van der Waals surface area contributed by atoms with E-state index in [1.807, 2.05) is 12.1 Å². The summed E-state index contributed by atoms with van der Waals surface area (Å²) in [4.78, 5) is 0. The van der Waals surface area contributed by atoms with E-state index in [-0.39, 0.29) is 11.9 Å². The molecule has 0 bridgehead atoms. The minimum absolute atomic E-state index is 0.264. The lowest BCUT2D eigenvalue weighted by Gasteiger charge is -2.21. The molecule has 1 fully saturated rings. The molecule has 0 aromatic heterocycles. The van der Waals surface area contributed by atoms with Gasteiger partial charge in [-0.25, -0.2) is 0 Å². The molecule has 0 saturated carbocycles. The zero-order valence-electron chi connectivity index (χ0n) is 10.1. The van der Waals surface area contributed by atoms with Crippen molar-refractivity contribution < 1.29 is 10.2 Å². The van der Waals surface area contributed by atoms with Gasteiger partial charge in [-0.1, -0.05) is 12.1 Å². The van der Waals surface area contributed by atoms with Crippen LogP contribution in [0.1, 0.15) is 24.8 Å². The second kappa shape index (κ2) is 6.03. The van der Waals surface area contributed by atoms with Gasteiger partial charge in [0, 0.05) is 0 Å². The SMILES string of the molecule is Oc1ccc(CC(O)C2CCCNCC2)cc1. The number of aliphatic hydroxyl groups is 1. The third-order valence-electron chi connectivity index (χ3n) is 3.55. The van der Waals surface area contributed by atoms with Crippen molar-refractivity contribution in [2.24, 2.45) is 5.92 Å². The van der Waals surface area contributed by atoms with E-state index in [1.165, 1.54) is 0 Å². The summed E-state index contributed by atoms with van der Waals surface area (Å²) in [5.41, 5.74) is 1.09. The van der Waals surface area contributed by atoms with E-state index in [2.05, 4.69) is 5.32 Å². The number of aromatic hydroxyl groups is 1. The van der Waals surface area contributed by atoms with Gasteiger partial charge in [-0.05, 0) is 62.4 Å². The van der Waals surface area contributed by atoms with Crippen LogP contribution in [0.25, 0.3) is 0 Å². The lowest BCUT2D eigenvalue weighted by atomic mass is 9.90. The van der Waals surface area contributed by atoms with Gasteiger partial charge in [-0.2, -0.15) is 0 Å². The normalized spacial score (nSPS) is 23.0. The van der Waals surface area contributed by atoms with Crippen molar-refractivity contribution in [2.45, 2.75) is 31.8 Å². The Bertz CT molecular complexity index is 329. The molecule has 1 heterocycles. The predicted octanol–water partition coefficient (Wildman–Crippen LogP) is 1.69. The van der Waals surface area contributed by atoms with Crippen molar-refractivity contribution in [3.05, 3.63) is 29.8 Å². The Balaban J connectivity index is 1.90. The maximum atomic E-state index is 10.2. The number of hydrogen-bond acceptors (Lipinski definition) is 3. The third kappa shape index (κ3) is 3.72. The van der Waals surface area contributed by atoms with E-state index >= 15 is 0 Å². The lowest BCUT2D eigenvalue weighted by Crippen LogP contribution is -2.24. The van der Waals surface area contributed by atoms with E-state index in [0.29, 0.717) is 12.3 Å². The van der Waals surface area contributed by atoms with Crippen LogP contribution in [0.15, 0.2) is 24.3 Å². The van der Waals surface area contributed by atoms with Crippen LogP contribution in [0.2, 0.25) is 0 Å². The van der Waals surface area contributed by atoms with Gasteiger partial charge in [0.25, 0.3) is 0 Å². The molecule has 94 valence electrons. The van der Waals surface area contributed by atoms with Crippen molar-refractivity contribution >= 4 is 0 Å². The molecule has 1 aromatic carbocycles. The van der Waals surface area contributed by atoms with Crippen LogP contribution in [0.3, 0.4) is 0 Å². The van der Waals surface area contributed by atoms with E-state index in [4.69, 9.17) is 0 Å². The van der Waals surface area contributed by atoms with Gasteiger partial charge >= 0.3 is 0 Å².